The van der Waals surface area contributed by atoms with Crippen molar-refractivity contribution in [3.05, 3.63) is 128 Å². The summed E-state index contributed by atoms with van der Waals surface area (Å²) in [6.45, 7) is 20.5. The van der Waals surface area contributed by atoms with Crippen molar-refractivity contribution in [3.63, 3.8) is 0 Å². The first-order valence-electron chi connectivity index (χ1n) is 15.7. The van der Waals surface area contributed by atoms with Gasteiger partial charge in [-0.2, -0.15) is 0 Å². The Bertz CT molecular complexity index is 1850. The second kappa shape index (κ2) is 13.6. The van der Waals surface area contributed by atoms with Crippen molar-refractivity contribution < 1.29 is 15.3 Å². The van der Waals surface area contributed by atoms with Gasteiger partial charge in [0.1, 0.15) is 0 Å². The third-order valence-electron chi connectivity index (χ3n) is 8.35. The number of hydrogen-bond acceptors (Lipinski definition) is 0. The summed E-state index contributed by atoms with van der Waals surface area (Å²) in [6.07, 6.45) is 6.79. The number of aryl methyl sites for hydroxylation is 3. The second-order valence-electron chi connectivity index (χ2n) is 12.9. The van der Waals surface area contributed by atoms with Crippen LogP contribution in [-0.4, -0.2) is 8.97 Å². The third-order valence-corrected chi connectivity index (χ3v) is 12.0. The number of nitrogens with zero attached hydrogens (tertiary/aromatic N) is 2. The van der Waals surface area contributed by atoms with Crippen molar-refractivity contribution in [2.24, 2.45) is 0 Å². The van der Waals surface area contributed by atoms with Gasteiger partial charge in [-0.3, -0.25) is 0 Å². The van der Waals surface area contributed by atoms with Crippen molar-refractivity contribution in [2.45, 2.75) is 85.0 Å². The standard InChI is InChI=1S/C31H38N2.C9H9.ClH.Pd/c1-19(2)25-15-27(20(3)4)30(28(16-25)21(5)6)29-12-10-11-26-17-32(18-33(26)29)31-23(8)13-22(7)14-24(31)9;1-2-6-9-7-4-3-5-8-9;;/h10-17,19-21H,1-9H3;2-8H,1H2;1H;/q;;;-1/p-1. The SMILES string of the molecule is Cc1cc(C)c(-n2cc3cccc(-c4c(C(C)C)cc(C(C)C)cc4C(C)C)n3[c]2=[Pd-2]([Cl])[CH2]C=Cc2ccccc2)c(C)c1. The van der Waals surface area contributed by atoms with Crippen LogP contribution in [0.5, 0.6) is 0 Å². The molecule has 0 aliphatic carbocycles. The Kier molecular flexibility index (Phi) is 10.0. The minimum atomic E-state index is -1.73. The van der Waals surface area contributed by atoms with E-state index in [0.29, 0.717) is 17.8 Å². The Hall–Kier alpha value is -2.96. The van der Waals surface area contributed by atoms with Crippen LogP contribution in [-0.2, 0) is 15.3 Å². The van der Waals surface area contributed by atoms with E-state index in [1.54, 1.807) is 0 Å². The Balaban J connectivity index is 1.89. The zero-order chi connectivity index (χ0) is 31.7. The van der Waals surface area contributed by atoms with Gasteiger partial charge in [0.25, 0.3) is 0 Å². The Morgan fingerprint density at radius 2 is 1.36 bits per heavy atom. The van der Waals surface area contributed by atoms with Crippen molar-refractivity contribution >= 4 is 21.1 Å². The van der Waals surface area contributed by atoms with Gasteiger partial charge >= 0.3 is 275 Å². The van der Waals surface area contributed by atoms with E-state index in [1.807, 2.05) is 0 Å². The van der Waals surface area contributed by atoms with Crippen molar-refractivity contribution in [3.8, 4) is 16.9 Å². The number of fused-ring (bicyclic) bond motifs is 1. The van der Waals surface area contributed by atoms with Crippen molar-refractivity contribution in [1.82, 2.24) is 8.97 Å². The van der Waals surface area contributed by atoms with Crippen LogP contribution in [0.2, 0.25) is 4.89 Å². The Labute approximate surface area is 273 Å². The fraction of sp³-hybridized carbons (Fsp3) is 0.325. The van der Waals surface area contributed by atoms with Gasteiger partial charge in [-0.15, -0.1) is 0 Å². The molecule has 0 fully saturated rings. The summed E-state index contributed by atoms with van der Waals surface area (Å²) in [5, 5.41) is 0. The molecule has 44 heavy (non-hydrogen) atoms. The molecule has 0 unspecified atom stereocenters. The maximum atomic E-state index is 7.64. The molecule has 0 atom stereocenters. The first-order valence-corrected chi connectivity index (χ1v) is 19.6. The van der Waals surface area contributed by atoms with Gasteiger partial charge in [-0.1, -0.05) is 0 Å². The summed E-state index contributed by atoms with van der Waals surface area (Å²) in [4.78, 5) is 0.826. The van der Waals surface area contributed by atoms with E-state index >= 15 is 0 Å². The molecular formula is C40H47ClN2Pd-2. The molecule has 5 aromatic rings. The van der Waals surface area contributed by atoms with Crippen molar-refractivity contribution in [1.29, 1.82) is 0 Å². The fourth-order valence-electron chi connectivity index (χ4n) is 6.28. The van der Waals surface area contributed by atoms with Crippen LogP contribution in [0.1, 0.15) is 98.2 Å². The average molecular weight is 698 g/mol. The Morgan fingerprint density at radius 1 is 0.750 bits per heavy atom. The van der Waals surface area contributed by atoms with E-state index < -0.39 is 15.3 Å². The van der Waals surface area contributed by atoms with Crippen LogP contribution in [0.4, 0.5) is 0 Å². The number of hydrogen-bond donors (Lipinski definition) is 0. The summed E-state index contributed by atoms with van der Waals surface area (Å²) < 4.78 is 6.11. The predicted octanol–water partition coefficient (Wildman–Crippen LogP) is 12.1. The van der Waals surface area contributed by atoms with Crippen LogP contribution in [0.15, 0.2) is 85.1 Å². The molecule has 3 aromatic carbocycles. The molecule has 0 radical (unpaired) electrons. The summed E-state index contributed by atoms with van der Waals surface area (Å²) >= 11 is -1.73. The maximum absolute atomic E-state index is 7.64. The number of rotatable bonds is 8. The number of pyridine rings is 1. The van der Waals surface area contributed by atoms with Gasteiger partial charge in [-0.25, -0.2) is 0 Å². The molecule has 0 saturated carbocycles. The molecule has 4 heteroatoms. The molecule has 2 nitrogen and oxygen atoms in total. The monoisotopic (exact) mass is 696 g/mol. The molecule has 0 amide bonds. The fourth-order valence-corrected chi connectivity index (χ4v) is 9.50. The minimum absolute atomic E-state index is 0.389. The van der Waals surface area contributed by atoms with E-state index in [9.17, 15) is 0 Å². The second-order valence-corrected chi connectivity index (χ2v) is 17.2. The molecule has 2 aromatic heterocycles. The molecule has 5 rings (SSSR count). The van der Waals surface area contributed by atoms with Crippen molar-refractivity contribution in [2.75, 3.05) is 0 Å². The van der Waals surface area contributed by atoms with Crippen LogP contribution in [0, 0.1) is 24.7 Å². The van der Waals surface area contributed by atoms with Crippen LogP contribution >= 0.6 is 9.53 Å². The van der Waals surface area contributed by atoms with Gasteiger partial charge in [0.2, 0.25) is 0 Å². The van der Waals surface area contributed by atoms with Crippen LogP contribution in [0.3, 0.4) is 0 Å². The van der Waals surface area contributed by atoms with E-state index in [1.165, 1.54) is 65.3 Å². The first kappa shape index (κ1) is 32.4. The number of allylic oxidation sites excluding steroid dienone is 1. The molecule has 0 bridgehead atoms. The number of imidazole rings is 1. The van der Waals surface area contributed by atoms with E-state index in [-0.39, 0.29) is 0 Å². The molecular weight excluding hydrogens is 650 g/mol. The quantitative estimate of drug-likeness (QED) is 0.143. The average Bonchev–Trinajstić information content (AvgIpc) is 3.35. The summed E-state index contributed by atoms with van der Waals surface area (Å²) in [5.41, 5.74) is 14.3. The van der Waals surface area contributed by atoms with Gasteiger partial charge in [-0.05, 0) is 0 Å². The van der Waals surface area contributed by atoms with E-state index in [2.05, 4.69) is 162 Å². The van der Waals surface area contributed by atoms with E-state index in [4.69, 9.17) is 9.53 Å². The molecule has 0 aliphatic heterocycles. The molecule has 0 spiro atoms. The first-order chi connectivity index (χ1) is 21.0. The summed E-state index contributed by atoms with van der Waals surface area (Å²) in [7, 11) is 7.64. The molecule has 0 aliphatic rings. The number of halogens is 1. The van der Waals surface area contributed by atoms with E-state index in [0.717, 1.165) is 4.89 Å². The topological polar surface area (TPSA) is 9.34 Å². The van der Waals surface area contributed by atoms with Gasteiger partial charge in [0.05, 0.1) is 0 Å². The summed E-state index contributed by atoms with van der Waals surface area (Å²) in [6, 6.07) is 26.8. The van der Waals surface area contributed by atoms with Crippen LogP contribution in [0.25, 0.3) is 28.5 Å². The molecule has 0 N–H and O–H groups in total. The zero-order valence-corrected chi connectivity index (χ0v) is 30.0. The van der Waals surface area contributed by atoms with Gasteiger partial charge in [0, 0.05) is 0 Å². The predicted molar refractivity (Wildman–Crippen MR) is 188 cm³/mol. The normalized spacial score (nSPS) is 13.7. The van der Waals surface area contributed by atoms with Gasteiger partial charge in [0.15, 0.2) is 0 Å². The molecule has 236 valence electrons. The number of benzene rings is 3. The molecule has 0 saturated heterocycles. The Morgan fingerprint density at radius 3 is 1.93 bits per heavy atom. The molecule has 2 heterocycles. The van der Waals surface area contributed by atoms with Crippen LogP contribution < -0.4 is 0 Å². The summed E-state index contributed by atoms with van der Waals surface area (Å²) in [5.74, 6) is 1.25. The van der Waals surface area contributed by atoms with Gasteiger partial charge < -0.3 is 0 Å². The third kappa shape index (κ3) is 6.53. The zero-order valence-electron chi connectivity index (χ0n) is 27.7. The number of aromatic nitrogens is 2.